The second kappa shape index (κ2) is 3.36. The summed E-state index contributed by atoms with van der Waals surface area (Å²) in [5.74, 6) is -1.17. The number of carbonyl (C=O) groups excluding carboxylic acids is 2. The SMILES string of the molecule is COC(=O)c1ccc2c(c1)C(=O)OC2O. The van der Waals surface area contributed by atoms with Crippen molar-refractivity contribution in [1.82, 2.24) is 0 Å². The first-order chi connectivity index (χ1) is 7.13. The first-order valence-electron chi connectivity index (χ1n) is 4.25. The first kappa shape index (κ1) is 9.67. The highest BCUT2D eigenvalue weighted by Gasteiger charge is 2.30. The minimum absolute atomic E-state index is 0.199. The molecule has 1 aliphatic heterocycles. The van der Waals surface area contributed by atoms with Gasteiger partial charge in [-0.15, -0.1) is 0 Å². The van der Waals surface area contributed by atoms with E-state index in [-0.39, 0.29) is 11.1 Å². The van der Waals surface area contributed by atoms with E-state index in [1.165, 1.54) is 25.3 Å². The molecule has 0 fully saturated rings. The van der Waals surface area contributed by atoms with Gasteiger partial charge in [0, 0.05) is 5.56 Å². The topological polar surface area (TPSA) is 72.8 Å². The maximum atomic E-state index is 11.2. The summed E-state index contributed by atoms with van der Waals surface area (Å²) in [5, 5.41) is 9.28. The van der Waals surface area contributed by atoms with Crippen molar-refractivity contribution in [2.75, 3.05) is 7.11 Å². The quantitative estimate of drug-likeness (QED) is 0.685. The van der Waals surface area contributed by atoms with Crippen molar-refractivity contribution >= 4 is 11.9 Å². The van der Waals surface area contributed by atoms with Crippen LogP contribution in [0.15, 0.2) is 18.2 Å². The number of fused-ring (bicyclic) bond motifs is 1. The Morgan fingerprint density at radius 3 is 2.93 bits per heavy atom. The van der Waals surface area contributed by atoms with Crippen molar-refractivity contribution in [3.63, 3.8) is 0 Å². The van der Waals surface area contributed by atoms with Crippen LogP contribution in [0, 0.1) is 0 Å². The lowest BCUT2D eigenvalue weighted by atomic mass is 10.1. The second-order valence-corrected chi connectivity index (χ2v) is 3.05. The Kier molecular flexibility index (Phi) is 2.17. The van der Waals surface area contributed by atoms with Crippen LogP contribution in [0.1, 0.15) is 32.6 Å². The number of aliphatic hydroxyl groups excluding tert-OH is 1. The summed E-state index contributed by atoms with van der Waals surface area (Å²) >= 11 is 0. The molecule has 5 heteroatoms. The number of hydrogen-bond acceptors (Lipinski definition) is 5. The maximum Gasteiger partial charge on any atom is 0.341 e. The van der Waals surface area contributed by atoms with E-state index in [9.17, 15) is 14.7 Å². The highest BCUT2D eigenvalue weighted by Crippen LogP contribution is 2.29. The lowest BCUT2D eigenvalue weighted by Crippen LogP contribution is -2.03. The molecule has 0 bridgehead atoms. The lowest BCUT2D eigenvalue weighted by molar-refractivity contribution is -0.0547. The first-order valence-corrected chi connectivity index (χ1v) is 4.25. The van der Waals surface area contributed by atoms with Crippen molar-refractivity contribution in [3.05, 3.63) is 34.9 Å². The van der Waals surface area contributed by atoms with E-state index in [2.05, 4.69) is 9.47 Å². The number of aliphatic hydroxyl groups is 1. The van der Waals surface area contributed by atoms with Crippen molar-refractivity contribution in [3.8, 4) is 0 Å². The molecule has 1 unspecified atom stereocenters. The zero-order valence-corrected chi connectivity index (χ0v) is 7.89. The third kappa shape index (κ3) is 1.46. The highest BCUT2D eigenvalue weighted by atomic mass is 16.6. The predicted molar refractivity (Wildman–Crippen MR) is 48.2 cm³/mol. The van der Waals surface area contributed by atoms with E-state index in [1.807, 2.05) is 0 Å². The molecule has 1 heterocycles. The Morgan fingerprint density at radius 2 is 2.27 bits per heavy atom. The van der Waals surface area contributed by atoms with Gasteiger partial charge in [-0.2, -0.15) is 0 Å². The maximum absolute atomic E-state index is 11.2. The number of methoxy groups -OCH3 is 1. The molecule has 1 N–H and O–H groups in total. The van der Waals surface area contributed by atoms with Gasteiger partial charge in [-0.25, -0.2) is 9.59 Å². The molecular formula is C10H8O5. The molecule has 0 radical (unpaired) electrons. The molecule has 0 saturated heterocycles. The van der Waals surface area contributed by atoms with Crippen molar-refractivity contribution in [1.29, 1.82) is 0 Å². The summed E-state index contributed by atoms with van der Waals surface area (Å²) in [4.78, 5) is 22.4. The molecule has 78 valence electrons. The summed E-state index contributed by atoms with van der Waals surface area (Å²) in [5.41, 5.74) is 0.820. The Morgan fingerprint density at radius 1 is 1.53 bits per heavy atom. The van der Waals surface area contributed by atoms with Crippen LogP contribution in [-0.2, 0) is 9.47 Å². The van der Waals surface area contributed by atoms with Gasteiger partial charge in [0.15, 0.2) is 0 Å². The zero-order valence-electron chi connectivity index (χ0n) is 7.89. The van der Waals surface area contributed by atoms with Crippen molar-refractivity contribution in [2.45, 2.75) is 6.29 Å². The van der Waals surface area contributed by atoms with Gasteiger partial charge in [0.25, 0.3) is 0 Å². The molecule has 0 spiro atoms. The van der Waals surface area contributed by atoms with Crippen LogP contribution in [0.5, 0.6) is 0 Å². The van der Waals surface area contributed by atoms with E-state index in [0.29, 0.717) is 5.56 Å². The fraction of sp³-hybridized carbons (Fsp3) is 0.200. The van der Waals surface area contributed by atoms with E-state index in [0.717, 1.165) is 0 Å². The summed E-state index contributed by atoms with van der Waals surface area (Å²) in [6.45, 7) is 0. The zero-order chi connectivity index (χ0) is 11.0. The van der Waals surface area contributed by atoms with E-state index in [1.54, 1.807) is 0 Å². The summed E-state index contributed by atoms with van der Waals surface area (Å²) in [6.07, 6.45) is -1.24. The van der Waals surface area contributed by atoms with Gasteiger partial charge in [0.1, 0.15) is 0 Å². The average Bonchev–Trinajstić information content (AvgIpc) is 2.53. The van der Waals surface area contributed by atoms with Crippen LogP contribution in [0.25, 0.3) is 0 Å². The molecule has 5 nitrogen and oxygen atoms in total. The molecular weight excluding hydrogens is 200 g/mol. The molecule has 0 aromatic heterocycles. The Balaban J connectivity index is 2.47. The van der Waals surface area contributed by atoms with Crippen LogP contribution in [0.2, 0.25) is 0 Å². The number of benzene rings is 1. The molecule has 1 aliphatic rings. The van der Waals surface area contributed by atoms with Crippen molar-refractivity contribution < 1.29 is 24.2 Å². The predicted octanol–water partition coefficient (Wildman–Crippen LogP) is 0.634. The minimum Gasteiger partial charge on any atom is -0.465 e. The number of carbonyl (C=O) groups is 2. The molecule has 1 atom stereocenters. The number of esters is 2. The Bertz CT molecular complexity index is 437. The van der Waals surface area contributed by atoms with E-state index >= 15 is 0 Å². The van der Waals surface area contributed by atoms with Crippen LogP contribution >= 0.6 is 0 Å². The standard InChI is InChI=1S/C10H8O5/c1-14-8(11)5-2-3-6-7(4-5)10(13)15-9(6)12/h2-4,9,12H,1H3. The summed E-state index contributed by atoms with van der Waals surface area (Å²) < 4.78 is 9.07. The average molecular weight is 208 g/mol. The normalized spacial score (nSPS) is 18.3. The minimum atomic E-state index is -1.24. The number of hydrogen-bond donors (Lipinski definition) is 1. The summed E-state index contributed by atoms with van der Waals surface area (Å²) in [7, 11) is 1.25. The van der Waals surface area contributed by atoms with Gasteiger partial charge in [0.05, 0.1) is 18.2 Å². The molecule has 15 heavy (non-hydrogen) atoms. The van der Waals surface area contributed by atoms with Crippen LogP contribution in [0.4, 0.5) is 0 Å². The van der Waals surface area contributed by atoms with E-state index < -0.39 is 18.2 Å². The largest absolute Gasteiger partial charge is 0.465 e. The number of rotatable bonds is 1. The smallest absolute Gasteiger partial charge is 0.341 e. The third-order valence-electron chi connectivity index (χ3n) is 2.18. The van der Waals surface area contributed by atoms with Crippen LogP contribution in [0.3, 0.4) is 0 Å². The molecule has 0 amide bonds. The Hall–Kier alpha value is -1.88. The molecule has 0 saturated carbocycles. The molecule has 1 aromatic rings. The van der Waals surface area contributed by atoms with Gasteiger partial charge >= 0.3 is 11.9 Å². The van der Waals surface area contributed by atoms with Gasteiger partial charge in [-0.3, -0.25) is 0 Å². The fourth-order valence-corrected chi connectivity index (χ4v) is 1.42. The van der Waals surface area contributed by atoms with Gasteiger partial charge < -0.3 is 14.6 Å². The highest BCUT2D eigenvalue weighted by molar-refractivity contribution is 5.98. The molecule has 0 aliphatic carbocycles. The molecule has 1 aromatic carbocycles. The van der Waals surface area contributed by atoms with Crippen molar-refractivity contribution in [2.24, 2.45) is 0 Å². The molecule has 2 rings (SSSR count). The van der Waals surface area contributed by atoms with Crippen LogP contribution in [-0.4, -0.2) is 24.2 Å². The second-order valence-electron chi connectivity index (χ2n) is 3.05. The van der Waals surface area contributed by atoms with Gasteiger partial charge in [-0.1, -0.05) is 6.07 Å². The van der Waals surface area contributed by atoms with Gasteiger partial charge in [0.2, 0.25) is 6.29 Å². The Labute approximate surface area is 85.2 Å². The van der Waals surface area contributed by atoms with Crippen LogP contribution < -0.4 is 0 Å². The summed E-state index contributed by atoms with van der Waals surface area (Å²) in [6, 6.07) is 4.28. The monoisotopic (exact) mass is 208 g/mol. The fourth-order valence-electron chi connectivity index (χ4n) is 1.42. The number of ether oxygens (including phenoxy) is 2. The number of cyclic esters (lactones) is 1. The lowest BCUT2D eigenvalue weighted by Gasteiger charge is -2.02. The third-order valence-corrected chi connectivity index (χ3v) is 2.18. The van der Waals surface area contributed by atoms with E-state index in [4.69, 9.17) is 0 Å². The van der Waals surface area contributed by atoms with Gasteiger partial charge in [-0.05, 0) is 12.1 Å².